The molecule has 1 N–H and O–H groups in total. The highest BCUT2D eigenvalue weighted by atomic mass is 127. The van der Waals surface area contributed by atoms with Crippen molar-refractivity contribution in [2.24, 2.45) is 0 Å². The topological polar surface area (TPSA) is 64.6 Å². The van der Waals surface area contributed by atoms with E-state index in [2.05, 4.69) is 10.1 Å². The van der Waals surface area contributed by atoms with Crippen molar-refractivity contribution in [3.63, 3.8) is 0 Å². The number of nitrogens with one attached hydrogen (secondary N) is 1. The Labute approximate surface area is 145 Å². The smallest absolute Gasteiger partial charge is 0.412 e. The number of esters is 1. The van der Waals surface area contributed by atoms with Crippen LogP contribution >= 0.6 is 22.6 Å². The molecule has 0 heterocycles. The average Bonchev–Trinajstić information content (AvgIpc) is 2.55. The molecule has 0 aromatic heterocycles. The second-order valence-corrected chi connectivity index (χ2v) is 5.73. The van der Waals surface area contributed by atoms with Crippen LogP contribution in [0.15, 0.2) is 42.5 Å². The van der Waals surface area contributed by atoms with E-state index in [9.17, 15) is 14.0 Å². The fourth-order valence-corrected chi connectivity index (χ4v) is 2.42. The Morgan fingerprint density at radius 1 is 1.22 bits per heavy atom. The van der Waals surface area contributed by atoms with Crippen LogP contribution in [0.3, 0.4) is 0 Å². The van der Waals surface area contributed by atoms with Gasteiger partial charge in [0.2, 0.25) is 0 Å². The molecule has 0 atom stereocenters. The standard InChI is InChI=1S/C16H13FINO4/c1-22-15(20)12-7-11(18)8-13(17)14(12)19-16(21)23-9-10-5-3-2-4-6-10/h2-8H,9H2,1H3,(H,19,21). The number of carbonyl (C=O) groups is 2. The number of hydrogen-bond acceptors (Lipinski definition) is 4. The summed E-state index contributed by atoms with van der Waals surface area (Å²) < 4.78 is 24.2. The third-order valence-electron chi connectivity index (χ3n) is 2.90. The van der Waals surface area contributed by atoms with Gasteiger partial charge in [0.25, 0.3) is 0 Å². The summed E-state index contributed by atoms with van der Waals surface area (Å²) in [5.74, 6) is -1.49. The normalized spacial score (nSPS) is 10.0. The van der Waals surface area contributed by atoms with Crippen molar-refractivity contribution in [3.8, 4) is 0 Å². The lowest BCUT2D eigenvalue weighted by molar-refractivity contribution is 0.0601. The van der Waals surface area contributed by atoms with Gasteiger partial charge in [0, 0.05) is 3.57 Å². The summed E-state index contributed by atoms with van der Waals surface area (Å²) in [4.78, 5) is 23.5. The highest BCUT2D eigenvalue weighted by Crippen LogP contribution is 2.24. The lowest BCUT2D eigenvalue weighted by Crippen LogP contribution is -2.18. The minimum absolute atomic E-state index is 0.0339. The fourth-order valence-electron chi connectivity index (χ4n) is 1.83. The van der Waals surface area contributed by atoms with Crippen LogP contribution in [0.25, 0.3) is 0 Å². The molecule has 1 amide bonds. The molecular weight excluding hydrogens is 416 g/mol. The predicted octanol–water partition coefficient (Wildman–Crippen LogP) is 3.97. The van der Waals surface area contributed by atoms with Gasteiger partial charge in [-0.1, -0.05) is 30.3 Å². The van der Waals surface area contributed by atoms with Gasteiger partial charge in [0.05, 0.1) is 18.4 Å². The number of hydrogen-bond donors (Lipinski definition) is 1. The van der Waals surface area contributed by atoms with Gasteiger partial charge < -0.3 is 9.47 Å². The summed E-state index contributed by atoms with van der Waals surface area (Å²) in [6.45, 7) is 0.0339. The van der Waals surface area contributed by atoms with Crippen molar-refractivity contribution in [1.82, 2.24) is 0 Å². The monoisotopic (exact) mass is 429 g/mol. The van der Waals surface area contributed by atoms with Gasteiger partial charge in [-0.3, -0.25) is 5.32 Å². The van der Waals surface area contributed by atoms with E-state index in [1.54, 1.807) is 12.1 Å². The van der Waals surface area contributed by atoms with E-state index in [4.69, 9.17) is 4.74 Å². The Bertz CT molecular complexity index is 722. The third kappa shape index (κ3) is 4.65. The molecule has 120 valence electrons. The Hall–Kier alpha value is -2.16. The molecule has 0 saturated carbocycles. The van der Waals surface area contributed by atoms with Crippen LogP contribution in [0, 0.1) is 9.39 Å². The number of benzene rings is 2. The Morgan fingerprint density at radius 3 is 2.57 bits per heavy atom. The predicted molar refractivity (Wildman–Crippen MR) is 90.7 cm³/mol. The largest absolute Gasteiger partial charge is 0.465 e. The van der Waals surface area contributed by atoms with Gasteiger partial charge in [0.1, 0.15) is 12.4 Å². The second-order valence-electron chi connectivity index (χ2n) is 4.49. The molecule has 0 saturated heterocycles. The average molecular weight is 429 g/mol. The molecular formula is C16H13FINO4. The zero-order valence-electron chi connectivity index (χ0n) is 12.1. The zero-order valence-corrected chi connectivity index (χ0v) is 14.3. The zero-order chi connectivity index (χ0) is 16.8. The Balaban J connectivity index is 2.12. The summed E-state index contributed by atoms with van der Waals surface area (Å²) in [5, 5.41) is 2.25. The Morgan fingerprint density at radius 2 is 1.91 bits per heavy atom. The van der Waals surface area contributed by atoms with Crippen molar-refractivity contribution in [1.29, 1.82) is 0 Å². The fraction of sp³-hybridized carbons (Fsp3) is 0.125. The molecule has 0 spiro atoms. The summed E-state index contributed by atoms with van der Waals surface area (Å²) in [6, 6.07) is 11.7. The van der Waals surface area contributed by atoms with Gasteiger partial charge in [-0.2, -0.15) is 0 Å². The number of amides is 1. The first kappa shape index (κ1) is 17.2. The molecule has 0 aliphatic heterocycles. The SMILES string of the molecule is COC(=O)c1cc(I)cc(F)c1NC(=O)OCc1ccccc1. The van der Waals surface area contributed by atoms with Gasteiger partial charge >= 0.3 is 12.1 Å². The molecule has 2 aromatic carbocycles. The molecule has 2 rings (SSSR count). The number of ether oxygens (including phenoxy) is 2. The summed E-state index contributed by atoms with van der Waals surface area (Å²) in [5.41, 5.74) is 0.447. The lowest BCUT2D eigenvalue weighted by atomic mass is 10.1. The van der Waals surface area contributed by atoms with Crippen LogP contribution in [0.4, 0.5) is 14.9 Å². The molecule has 0 bridgehead atoms. The van der Waals surface area contributed by atoms with Gasteiger partial charge in [-0.05, 0) is 40.3 Å². The maximum Gasteiger partial charge on any atom is 0.412 e. The molecule has 23 heavy (non-hydrogen) atoms. The quantitative estimate of drug-likeness (QED) is 0.591. The highest BCUT2D eigenvalue weighted by molar-refractivity contribution is 14.1. The van der Waals surface area contributed by atoms with Gasteiger partial charge in [-0.25, -0.2) is 14.0 Å². The number of anilines is 1. The van der Waals surface area contributed by atoms with Crippen molar-refractivity contribution in [3.05, 3.63) is 63.0 Å². The maximum absolute atomic E-state index is 14.0. The van der Waals surface area contributed by atoms with E-state index in [1.807, 2.05) is 40.8 Å². The third-order valence-corrected chi connectivity index (χ3v) is 3.52. The second kappa shape index (κ2) is 7.91. The molecule has 0 radical (unpaired) electrons. The van der Waals surface area contributed by atoms with Crippen LogP contribution < -0.4 is 5.32 Å². The van der Waals surface area contributed by atoms with Crippen LogP contribution in [0.1, 0.15) is 15.9 Å². The Kier molecular flexibility index (Phi) is 5.91. The van der Waals surface area contributed by atoms with E-state index < -0.39 is 17.9 Å². The molecule has 0 unspecified atom stereocenters. The minimum atomic E-state index is -0.862. The van der Waals surface area contributed by atoms with Crippen LogP contribution in [-0.2, 0) is 16.1 Å². The van der Waals surface area contributed by atoms with E-state index in [1.165, 1.54) is 19.2 Å². The van der Waals surface area contributed by atoms with Gasteiger partial charge in [-0.15, -0.1) is 0 Å². The first-order valence-electron chi connectivity index (χ1n) is 6.56. The van der Waals surface area contributed by atoms with Crippen molar-refractivity contribution in [2.45, 2.75) is 6.61 Å². The van der Waals surface area contributed by atoms with Crippen molar-refractivity contribution in [2.75, 3.05) is 12.4 Å². The maximum atomic E-state index is 14.0. The number of methoxy groups -OCH3 is 1. The van der Waals surface area contributed by atoms with Gasteiger partial charge in [0.15, 0.2) is 0 Å². The molecule has 5 nitrogen and oxygen atoms in total. The van der Waals surface area contributed by atoms with E-state index in [0.29, 0.717) is 3.57 Å². The number of halogens is 2. The van der Waals surface area contributed by atoms with Crippen LogP contribution in [0.5, 0.6) is 0 Å². The molecule has 7 heteroatoms. The van der Waals surface area contributed by atoms with Crippen molar-refractivity contribution < 1.29 is 23.5 Å². The van der Waals surface area contributed by atoms with Crippen LogP contribution in [-0.4, -0.2) is 19.2 Å². The molecule has 0 aliphatic rings. The molecule has 0 aliphatic carbocycles. The lowest BCUT2D eigenvalue weighted by Gasteiger charge is -2.12. The number of rotatable bonds is 4. The van der Waals surface area contributed by atoms with E-state index >= 15 is 0 Å². The summed E-state index contributed by atoms with van der Waals surface area (Å²) >= 11 is 1.86. The highest BCUT2D eigenvalue weighted by Gasteiger charge is 2.19. The minimum Gasteiger partial charge on any atom is -0.465 e. The summed E-state index contributed by atoms with van der Waals surface area (Å²) in [7, 11) is 1.18. The first-order valence-corrected chi connectivity index (χ1v) is 7.64. The van der Waals surface area contributed by atoms with Crippen molar-refractivity contribution >= 4 is 40.3 Å². The summed E-state index contributed by atoms with van der Waals surface area (Å²) in [6.07, 6.45) is -0.862. The first-order chi connectivity index (χ1) is 11.0. The van der Waals surface area contributed by atoms with Crippen LogP contribution in [0.2, 0.25) is 0 Å². The number of carbonyl (C=O) groups excluding carboxylic acids is 2. The molecule has 2 aromatic rings. The molecule has 0 fully saturated rings. The van der Waals surface area contributed by atoms with E-state index in [-0.39, 0.29) is 17.9 Å². The van der Waals surface area contributed by atoms with E-state index in [0.717, 1.165) is 5.56 Å².